The molecule has 2 atom stereocenters. The van der Waals surface area contributed by atoms with Gasteiger partial charge in [-0.05, 0) is 51.0 Å². The number of ether oxygens (including phenoxy) is 1. The van der Waals surface area contributed by atoms with Crippen LogP contribution in [0.3, 0.4) is 0 Å². The fraction of sp³-hybridized carbons (Fsp3) is 0.923. The Morgan fingerprint density at radius 1 is 1.40 bits per heavy atom. The highest BCUT2D eigenvalue weighted by Crippen LogP contribution is 2.25. The Bertz CT molecular complexity index is 417. The molecule has 6 nitrogen and oxygen atoms in total. The maximum absolute atomic E-state index is 5.81. The van der Waals surface area contributed by atoms with Crippen LogP contribution >= 0.6 is 11.8 Å². The standard InChI is InChI=1S/C13H25N5OS/c1-10-5-6-11(19-10)9-20-12-15-16-17-18(12)8-7-14-13(2,3)4/h10-11,14H,5-9H2,1-4H3. The Labute approximate surface area is 125 Å². The third kappa shape index (κ3) is 5.03. The molecule has 1 aromatic rings. The van der Waals surface area contributed by atoms with E-state index in [4.69, 9.17) is 4.74 Å². The molecular weight excluding hydrogens is 274 g/mol. The molecule has 0 radical (unpaired) electrons. The average Bonchev–Trinajstić information content (AvgIpc) is 2.94. The highest BCUT2D eigenvalue weighted by atomic mass is 32.2. The van der Waals surface area contributed by atoms with Crippen molar-refractivity contribution in [3.8, 4) is 0 Å². The van der Waals surface area contributed by atoms with Gasteiger partial charge in [0.05, 0.1) is 18.8 Å². The van der Waals surface area contributed by atoms with Crippen molar-refractivity contribution in [1.29, 1.82) is 0 Å². The molecule has 0 bridgehead atoms. The Morgan fingerprint density at radius 2 is 2.20 bits per heavy atom. The number of thioether (sulfide) groups is 1. The van der Waals surface area contributed by atoms with E-state index in [2.05, 4.69) is 48.5 Å². The van der Waals surface area contributed by atoms with Crippen molar-refractivity contribution in [2.24, 2.45) is 0 Å². The van der Waals surface area contributed by atoms with E-state index in [9.17, 15) is 0 Å². The molecule has 7 heteroatoms. The van der Waals surface area contributed by atoms with Gasteiger partial charge in [-0.15, -0.1) is 5.10 Å². The van der Waals surface area contributed by atoms with Crippen molar-refractivity contribution in [3.63, 3.8) is 0 Å². The molecule has 2 unspecified atom stereocenters. The molecule has 20 heavy (non-hydrogen) atoms. The SMILES string of the molecule is CC1CCC(CSc2nnnn2CCNC(C)(C)C)O1. The molecule has 0 saturated carbocycles. The van der Waals surface area contributed by atoms with Crippen molar-refractivity contribution in [3.05, 3.63) is 0 Å². The number of nitrogens with zero attached hydrogens (tertiary/aromatic N) is 4. The summed E-state index contributed by atoms with van der Waals surface area (Å²) >= 11 is 1.69. The summed E-state index contributed by atoms with van der Waals surface area (Å²) in [6.07, 6.45) is 3.04. The van der Waals surface area contributed by atoms with Crippen LogP contribution in [-0.2, 0) is 11.3 Å². The maximum atomic E-state index is 5.81. The molecule has 1 aliphatic heterocycles. The van der Waals surface area contributed by atoms with Crippen LogP contribution in [0.25, 0.3) is 0 Å². The third-order valence-electron chi connectivity index (χ3n) is 3.20. The molecule has 2 rings (SSSR count). The summed E-state index contributed by atoms with van der Waals surface area (Å²) in [6, 6.07) is 0. The van der Waals surface area contributed by atoms with Crippen LogP contribution in [-0.4, -0.2) is 50.3 Å². The minimum Gasteiger partial charge on any atom is -0.374 e. The van der Waals surface area contributed by atoms with Gasteiger partial charge in [0.15, 0.2) is 0 Å². The van der Waals surface area contributed by atoms with Crippen LogP contribution in [0.5, 0.6) is 0 Å². The lowest BCUT2D eigenvalue weighted by Crippen LogP contribution is -2.38. The van der Waals surface area contributed by atoms with E-state index in [1.54, 1.807) is 11.8 Å². The molecule has 0 amide bonds. The first-order valence-electron chi connectivity index (χ1n) is 7.23. The van der Waals surface area contributed by atoms with Gasteiger partial charge in [-0.3, -0.25) is 0 Å². The number of rotatable bonds is 6. The molecule has 1 fully saturated rings. The zero-order valence-electron chi connectivity index (χ0n) is 12.8. The summed E-state index contributed by atoms with van der Waals surface area (Å²) in [7, 11) is 0. The van der Waals surface area contributed by atoms with Crippen LogP contribution in [0.2, 0.25) is 0 Å². The van der Waals surface area contributed by atoms with E-state index in [1.807, 2.05) is 4.68 Å². The maximum Gasteiger partial charge on any atom is 0.209 e. The van der Waals surface area contributed by atoms with Gasteiger partial charge in [-0.2, -0.15) is 0 Å². The Kier molecular flexibility index (Phi) is 5.40. The smallest absolute Gasteiger partial charge is 0.209 e. The van der Waals surface area contributed by atoms with Gasteiger partial charge in [0, 0.05) is 17.8 Å². The van der Waals surface area contributed by atoms with Crippen LogP contribution in [0.15, 0.2) is 5.16 Å². The summed E-state index contributed by atoms with van der Waals surface area (Å²) in [5.74, 6) is 0.928. The monoisotopic (exact) mass is 299 g/mol. The van der Waals surface area contributed by atoms with Crippen molar-refractivity contribution < 1.29 is 4.74 Å². The van der Waals surface area contributed by atoms with Crippen molar-refractivity contribution >= 4 is 11.8 Å². The highest BCUT2D eigenvalue weighted by molar-refractivity contribution is 7.99. The zero-order chi connectivity index (χ0) is 14.6. The molecule has 0 aromatic carbocycles. The van der Waals surface area contributed by atoms with Gasteiger partial charge in [-0.1, -0.05) is 11.8 Å². The van der Waals surface area contributed by atoms with E-state index in [-0.39, 0.29) is 5.54 Å². The normalized spacial score (nSPS) is 23.4. The molecule has 0 spiro atoms. The van der Waals surface area contributed by atoms with E-state index in [0.29, 0.717) is 12.2 Å². The molecule has 0 aliphatic carbocycles. The lowest BCUT2D eigenvalue weighted by atomic mass is 10.1. The Balaban J connectivity index is 1.76. The quantitative estimate of drug-likeness (QED) is 0.807. The fourth-order valence-electron chi connectivity index (χ4n) is 2.15. The zero-order valence-corrected chi connectivity index (χ0v) is 13.6. The summed E-state index contributed by atoms with van der Waals surface area (Å²) in [4.78, 5) is 0. The Hall–Kier alpha value is -0.660. The first kappa shape index (κ1) is 15.7. The van der Waals surface area contributed by atoms with Gasteiger partial charge < -0.3 is 10.1 Å². The van der Waals surface area contributed by atoms with Gasteiger partial charge in [0.1, 0.15) is 0 Å². The first-order valence-corrected chi connectivity index (χ1v) is 8.22. The number of aromatic nitrogens is 4. The van der Waals surface area contributed by atoms with Crippen molar-refractivity contribution in [2.75, 3.05) is 12.3 Å². The minimum atomic E-state index is 0.120. The van der Waals surface area contributed by atoms with Crippen LogP contribution in [0.1, 0.15) is 40.5 Å². The van der Waals surface area contributed by atoms with Crippen molar-refractivity contribution in [1.82, 2.24) is 25.5 Å². The van der Waals surface area contributed by atoms with Crippen LogP contribution < -0.4 is 5.32 Å². The molecule has 114 valence electrons. The average molecular weight is 299 g/mol. The summed E-state index contributed by atoms with van der Waals surface area (Å²) < 4.78 is 7.68. The molecular formula is C13H25N5OS. The van der Waals surface area contributed by atoms with Gasteiger partial charge in [0.2, 0.25) is 5.16 Å². The fourth-order valence-corrected chi connectivity index (χ4v) is 3.10. The van der Waals surface area contributed by atoms with Crippen LogP contribution in [0.4, 0.5) is 0 Å². The molecule has 1 aromatic heterocycles. The number of nitrogens with one attached hydrogen (secondary N) is 1. The van der Waals surface area contributed by atoms with Gasteiger partial charge in [0.25, 0.3) is 0 Å². The predicted octanol–water partition coefficient (Wildman–Crippen LogP) is 1.72. The second-order valence-corrected chi connectivity index (χ2v) is 7.31. The number of hydrogen-bond donors (Lipinski definition) is 1. The largest absolute Gasteiger partial charge is 0.374 e. The number of tetrazole rings is 1. The van der Waals surface area contributed by atoms with E-state index < -0.39 is 0 Å². The van der Waals surface area contributed by atoms with E-state index >= 15 is 0 Å². The predicted molar refractivity (Wildman–Crippen MR) is 79.9 cm³/mol. The van der Waals surface area contributed by atoms with Gasteiger partial charge in [-0.25, -0.2) is 4.68 Å². The first-order chi connectivity index (χ1) is 9.44. The molecule has 2 heterocycles. The number of hydrogen-bond acceptors (Lipinski definition) is 6. The summed E-state index contributed by atoms with van der Waals surface area (Å²) in [5, 5.41) is 16.2. The summed E-state index contributed by atoms with van der Waals surface area (Å²) in [5.41, 5.74) is 0.120. The lowest BCUT2D eigenvalue weighted by molar-refractivity contribution is 0.0699. The second-order valence-electron chi connectivity index (χ2n) is 6.32. The molecule has 1 saturated heterocycles. The lowest BCUT2D eigenvalue weighted by Gasteiger charge is -2.20. The van der Waals surface area contributed by atoms with E-state index in [0.717, 1.165) is 36.8 Å². The second kappa shape index (κ2) is 6.87. The molecule has 1 aliphatic rings. The van der Waals surface area contributed by atoms with Crippen molar-refractivity contribution in [2.45, 2.75) is 70.0 Å². The third-order valence-corrected chi connectivity index (χ3v) is 4.29. The van der Waals surface area contributed by atoms with Gasteiger partial charge >= 0.3 is 0 Å². The van der Waals surface area contributed by atoms with E-state index in [1.165, 1.54) is 0 Å². The summed E-state index contributed by atoms with van der Waals surface area (Å²) in [6.45, 7) is 10.2. The highest BCUT2D eigenvalue weighted by Gasteiger charge is 2.22. The minimum absolute atomic E-state index is 0.120. The molecule has 1 N–H and O–H groups in total. The Morgan fingerprint density at radius 3 is 2.85 bits per heavy atom. The topological polar surface area (TPSA) is 64.9 Å². The van der Waals surface area contributed by atoms with Crippen LogP contribution in [0, 0.1) is 0 Å².